The molecule has 1 fully saturated rings. The molecule has 0 spiro atoms. The number of nitrogens with zero attached hydrogens (tertiary/aromatic N) is 5. The molecule has 1 aromatic carbocycles. The smallest absolute Gasteiger partial charge is 0.179 e. The second-order valence-electron chi connectivity index (χ2n) is 6.87. The van der Waals surface area contributed by atoms with Gasteiger partial charge >= 0.3 is 0 Å². The number of nitrogens with two attached hydrogens (primary N) is 1. The van der Waals surface area contributed by atoms with Crippen molar-refractivity contribution in [3.05, 3.63) is 35.4 Å². The van der Waals surface area contributed by atoms with Gasteiger partial charge in [-0.2, -0.15) is 10.2 Å². The molecule has 142 valence electrons. The fourth-order valence-corrected chi connectivity index (χ4v) is 3.65. The van der Waals surface area contributed by atoms with Crippen LogP contribution >= 0.6 is 0 Å². The average Bonchev–Trinajstić information content (AvgIpc) is 3.20. The van der Waals surface area contributed by atoms with Crippen molar-refractivity contribution in [2.24, 2.45) is 5.73 Å². The van der Waals surface area contributed by atoms with Gasteiger partial charge in [0.25, 0.3) is 0 Å². The highest BCUT2D eigenvalue weighted by Gasteiger charge is 2.26. The maximum Gasteiger partial charge on any atom is 0.179 e. The van der Waals surface area contributed by atoms with E-state index >= 15 is 0 Å². The fourth-order valence-electron chi connectivity index (χ4n) is 3.65. The molecule has 0 aliphatic carbocycles. The normalized spacial score (nSPS) is 17.1. The number of ether oxygens (including phenoxy) is 1. The van der Waals surface area contributed by atoms with Crippen LogP contribution in [0.4, 0.5) is 10.2 Å². The summed E-state index contributed by atoms with van der Waals surface area (Å²) in [5, 5.41) is 14.3. The highest BCUT2D eigenvalue weighted by molar-refractivity contribution is 5.92. The number of hydrogen-bond donors (Lipinski definition) is 1. The Morgan fingerprint density at radius 3 is 2.78 bits per heavy atom. The van der Waals surface area contributed by atoms with Crippen LogP contribution in [-0.2, 0) is 0 Å². The van der Waals surface area contributed by atoms with Gasteiger partial charge in [0.2, 0.25) is 0 Å². The van der Waals surface area contributed by atoms with E-state index in [-0.39, 0.29) is 11.9 Å². The molecule has 3 heterocycles. The van der Waals surface area contributed by atoms with Crippen LogP contribution in [0, 0.1) is 19.7 Å². The second kappa shape index (κ2) is 6.77. The highest BCUT2D eigenvalue weighted by Crippen LogP contribution is 2.31. The van der Waals surface area contributed by atoms with Crippen LogP contribution in [0.25, 0.3) is 16.6 Å². The molecule has 3 aromatic rings. The first-order valence-corrected chi connectivity index (χ1v) is 9.15. The average molecular weight is 370 g/mol. The van der Waals surface area contributed by atoms with E-state index < -0.39 is 0 Å². The Bertz CT molecular complexity index is 1000. The molecule has 0 unspecified atom stereocenters. The zero-order chi connectivity index (χ0) is 19.1. The first-order chi connectivity index (χ1) is 13.0. The van der Waals surface area contributed by atoms with Crippen molar-refractivity contribution >= 4 is 16.7 Å². The van der Waals surface area contributed by atoms with Crippen LogP contribution in [0.1, 0.15) is 24.7 Å². The van der Waals surface area contributed by atoms with Crippen molar-refractivity contribution in [2.45, 2.75) is 33.2 Å². The third-order valence-corrected chi connectivity index (χ3v) is 4.97. The Kier molecular flexibility index (Phi) is 4.43. The minimum Gasteiger partial charge on any atom is -0.494 e. The van der Waals surface area contributed by atoms with Gasteiger partial charge in [-0.15, -0.1) is 5.10 Å². The first-order valence-electron chi connectivity index (χ1n) is 9.15. The topological polar surface area (TPSA) is 82.1 Å². The maximum atomic E-state index is 14.7. The fraction of sp³-hybridized carbons (Fsp3) is 0.421. The second-order valence-corrected chi connectivity index (χ2v) is 6.87. The van der Waals surface area contributed by atoms with Gasteiger partial charge in [-0.05, 0) is 39.3 Å². The molecule has 1 saturated heterocycles. The predicted molar refractivity (Wildman–Crippen MR) is 102 cm³/mol. The molecule has 0 saturated carbocycles. The Morgan fingerprint density at radius 1 is 1.30 bits per heavy atom. The molecule has 0 radical (unpaired) electrons. The summed E-state index contributed by atoms with van der Waals surface area (Å²) in [6.07, 6.45) is 0.907. The number of aryl methyl sites for hydroxylation is 2. The van der Waals surface area contributed by atoms with Gasteiger partial charge in [0, 0.05) is 25.2 Å². The summed E-state index contributed by atoms with van der Waals surface area (Å²) in [4.78, 5) is 2.10. The quantitative estimate of drug-likeness (QED) is 0.760. The van der Waals surface area contributed by atoms with E-state index in [1.165, 1.54) is 6.07 Å². The zero-order valence-electron chi connectivity index (χ0n) is 15.7. The number of rotatable bonds is 4. The lowest BCUT2D eigenvalue weighted by atomic mass is 10.2. The minimum absolute atomic E-state index is 0.120. The molecule has 0 bridgehead atoms. The number of anilines is 1. The molecule has 2 aromatic heterocycles. The van der Waals surface area contributed by atoms with E-state index in [0.29, 0.717) is 23.9 Å². The van der Waals surface area contributed by atoms with Gasteiger partial charge < -0.3 is 15.4 Å². The summed E-state index contributed by atoms with van der Waals surface area (Å²) in [7, 11) is 0. The van der Waals surface area contributed by atoms with Crippen molar-refractivity contribution in [1.29, 1.82) is 0 Å². The van der Waals surface area contributed by atoms with E-state index in [2.05, 4.69) is 15.1 Å². The van der Waals surface area contributed by atoms with Gasteiger partial charge in [-0.25, -0.2) is 9.07 Å². The molecule has 1 aliphatic rings. The van der Waals surface area contributed by atoms with Crippen LogP contribution in [0.2, 0.25) is 0 Å². The molecule has 8 heteroatoms. The van der Waals surface area contributed by atoms with Crippen molar-refractivity contribution in [1.82, 2.24) is 20.0 Å². The van der Waals surface area contributed by atoms with Gasteiger partial charge in [0.15, 0.2) is 11.6 Å². The first kappa shape index (κ1) is 17.7. The Labute approximate surface area is 156 Å². The number of fused-ring (bicyclic) bond motifs is 1. The van der Waals surface area contributed by atoms with Crippen LogP contribution in [-0.4, -0.2) is 45.7 Å². The summed E-state index contributed by atoms with van der Waals surface area (Å²) in [5.74, 6) is 0.816. The third-order valence-electron chi connectivity index (χ3n) is 4.97. The van der Waals surface area contributed by atoms with Crippen LogP contribution in [0.15, 0.2) is 18.2 Å². The number of aromatic nitrogens is 4. The lowest BCUT2D eigenvalue weighted by Crippen LogP contribution is -2.27. The summed E-state index contributed by atoms with van der Waals surface area (Å²) < 4.78 is 21.7. The summed E-state index contributed by atoms with van der Waals surface area (Å²) >= 11 is 0. The molecule has 2 N–H and O–H groups in total. The van der Waals surface area contributed by atoms with Crippen molar-refractivity contribution < 1.29 is 9.13 Å². The van der Waals surface area contributed by atoms with E-state index in [0.717, 1.165) is 41.8 Å². The Hall–Kier alpha value is -2.74. The molecule has 1 atom stereocenters. The molecule has 27 heavy (non-hydrogen) atoms. The molecule has 7 nitrogen and oxygen atoms in total. The van der Waals surface area contributed by atoms with Gasteiger partial charge in [0.05, 0.1) is 23.4 Å². The maximum absolute atomic E-state index is 14.7. The lowest BCUT2D eigenvalue weighted by Gasteiger charge is -2.16. The van der Waals surface area contributed by atoms with Gasteiger partial charge in [0.1, 0.15) is 17.0 Å². The Balaban J connectivity index is 1.86. The molecular weight excluding hydrogens is 347 g/mol. The number of hydrogen-bond acceptors (Lipinski definition) is 6. The zero-order valence-corrected chi connectivity index (χ0v) is 15.7. The molecular formula is C19H23FN6O. The SMILES string of the molecule is CCOc1ccc(-n2nc3c(N4CC[C@H](N)C4)nnc(C)c3c2C)c(F)c1. The Morgan fingerprint density at radius 2 is 2.11 bits per heavy atom. The monoisotopic (exact) mass is 370 g/mol. The number of benzene rings is 1. The van der Waals surface area contributed by atoms with Crippen molar-refractivity contribution in [3.63, 3.8) is 0 Å². The molecule has 1 aliphatic heterocycles. The van der Waals surface area contributed by atoms with E-state index in [1.807, 2.05) is 20.8 Å². The van der Waals surface area contributed by atoms with E-state index in [4.69, 9.17) is 15.6 Å². The van der Waals surface area contributed by atoms with Crippen LogP contribution < -0.4 is 15.4 Å². The van der Waals surface area contributed by atoms with Crippen LogP contribution in [0.3, 0.4) is 0 Å². The predicted octanol–water partition coefficient (Wildman–Crippen LogP) is 2.51. The van der Waals surface area contributed by atoms with Gasteiger partial charge in [-0.3, -0.25) is 0 Å². The van der Waals surface area contributed by atoms with E-state index in [9.17, 15) is 4.39 Å². The molecule has 4 rings (SSSR count). The summed E-state index contributed by atoms with van der Waals surface area (Å²) in [5.41, 5.74) is 8.73. The number of halogens is 1. The van der Waals surface area contributed by atoms with Crippen molar-refractivity contribution in [3.8, 4) is 11.4 Å². The molecule has 0 amide bonds. The summed E-state index contributed by atoms with van der Waals surface area (Å²) in [6, 6.07) is 4.93. The van der Waals surface area contributed by atoms with Gasteiger partial charge in [-0.1, -0.05) is 0 Å². The minimum atomic E-state index is -0.389. The highest BCUT2D eigenvalue weighted by atomic mass is 19.1. The summed E-state index contributed by atoms with van der Waals surface area (Å²) in [6.45, 7) is 7.70. The van der Waals surface area contributed by atoms with Crippen LogP contribution in [0.5, 0.6) is 5.75 Å². The lowest BCUT2D eigenvalue weighted by molar-refractivity contribution is 0.338. The standard InChI is InChI=1S/C19H23FN6O/c1-4-27-14-5-6-16(15(20)9-14)26-12(3)17-11(2)22-23-19(18(17)24-26)25-8-7-13(21)10-25/h5-6,9,13H,4,7-8,10,21H2,1-3H3/t13-/m0/s1. The van der Waals surface area contributed by atoms with E-state index in [1.54, 1.807) is 16.8 Å². The third kappa shape index (κ3) is 2.99. The van der Waals surface area contributed by atoms with Crippen molar-refractivity contribution in [2.75, 3.05) is 24.6 Å². The largest absolute Gasteiger partial charge is 0.494 e.